The molecule has 0 radical (unpaired) electrons. The number of fused-ring (bicyclic) bond motifs is 2. The molecule has 8 nitrogen and oxygen atoms in total. The molecular formula is C21H22FN7O. The molecule has 0 aliphatic carbocycles. The van der Waals surface area contributed by atoms with Gasteiger partial charge < -0.3 is 20.2 Å². The van der Waals surface area contributed by atoms with Gasteiger partial charge in [0.1, 0.15) is 17.7 Å². The van der Waals surface area contributed by atoms with Crippen molar-refractivity contribution in [1.29, 1.82) is 0 Å². The lowest BCUT2D eigenvalue weighted by molar-refractivity contribution is -0.125. The number of imidazole rings is 1. The molecule has 1 aliphatic heterocycles. The smallest absolute Gasteiger partial charge is 0.224 e. The van der Waals surface area contributed by atoms with E-state index in [1.807, 2.05) is 6.20 Å². The van der Waals surface area contributed by atoms with Crippen molar-refractivity contribution in [2.75, 3.05) is 24.5 Å². The summed E-state index contributed by atoms with van der Waals surface area (Å²) in [5.41, 5.74) is 3.32. The highest BCUT2D eigenvalue weighted by Crippen LogP contribution is 2.26. The van der Waals surface area contributed by atoms with Crippen LogP contribution in [0, 0.1) is 11.7 Å². The molecule has 9 heteroatoms. The summed E-state index contributed by atoms with van der Waals surface area (Å²) in [7, 11) is 0. The Morgan fingerprint density at radius 1 is 1.27 bits per heavy atom. The number of carbonyl (C=O) groups is 1. The number of nitrogens with zero attached hydrogens (tertiary/aromatic N) is 4. The van der Waals surface area contributed by atoms with E-state index >= 15 is 0 Å². The highest BCUT2D eigenvalue weighted by atomic mass is 19.1. The van der Waals surface area contributed by atoms with Crippen LogP contribution in [-0.2, 0) is 11.2 Å². The summed E-state index contributed by atoms with van der Waals surface area (Å²) in [5, 5.41) is 3.91. The molecular weight excluding hydrogens is 385 g/mol. The Kier molecular flexibility index (Phi) is 4.78. The van der Waals surface area contributed by atoms with Gasteiger partial charge in [-0.1, -0.05) is 0 Å². The lowest BCUT2D eigenvalue weighted by Gasteiger charge is -2.32. The molecule has 4 aromatic rings. The largest absolute Gasteiger partial charge is 0.361 e. The first-order valence-electron chi connectivity index (χ1n) is 10.1. The number of amides is 1. The molecule has 3 aromatic heterocycles. The molecule has 1 aromatic carbocycles. The second-order valence-corrected chi connectivity index (χ2v) is 7.63. The third-order valence-electron chi connectivity index (χ3n) is 5.72. The fourth-order valence-corrected chi connectivity index (χ4v) is 4.20. The summed E-state index contributed by atoms with van der Waals surface area (Å²) in [5.74, 6) is 0.467. The van der Waals surface area contributed by atoms with Gasteiger partial charge in [-0.2, -0.15) is 0 Å². The van der Waals surface area contributed by atoms with Crippen LogP contribution in [0.15, 0.2) is 37.1 Å². The van der Waals surface area contributed by atoms with Crippen LogP contribution in [0.4, 0.5) is 10.2 Å². The third-order valence-corrected chi connectivity index (χ3v) is 5.72. The minimum absolute atomic E-state index is 0.0423. The molecule has 154 valence electrons. The van der Waals surface area contributed by atoms with Crippen molar-refractivity contribution in [2.24, 2.45) is 5.92 Å². The average Bonchev–Trinajstić information content (AvgIpc) is 3.40. The minimum atomic E-state index is -0.259. The molecule has 1 atom stereocenters. The third kappa shape index (κ3) is 3.47. The van der Waals surface area contributed by atoms with Gasteiger partial charge >= 0.3 is 0 Å². The molecule has 0 bridgehead atoms. The van der Waals surface area contributed by atoms with Crippen molar-refractivity contribution in [1.82, 2.24) is 30.2 Å². The van der Waals surface area contributed by atoms with Crippen molar-refractivity contribution in [3.8, 4) is 0 Å². The van der Waals surface area contributed by atoms with Gasteiger partial charge in [-0.3, -0.25) is 4.79 Å². The zero-order valence-corrected chi connectivity index (χ0v) is 16.4. The summed E-state index contributed by atoms with van der Waals surface area (Å²) in [6.45, 7) is 1.96. The van der Waals surface area contributed by atoms with Crippen LogP contribution >= 0.6 is 0 Å². The Hall–Kier alpha value is -3.49. The number of hydrogen-bond acceptors (Lipinski definition) is 5. The van der Waals surface area contributed by atoms with Gasteiger partial charge in [0.05, 0.1) is 12.2 Å². The van der Waals surface area contributed by atoms with E-state index in [1.54, 1.807) is 12.4 Å². The monoisotopic (exact) mass is 407 g/mol. The van der Waals surface area contributed by atoms with Gasteiger partial charge in [-0.25, -0.2) is 19.3 Å². The van der Waals surface area contributed by atoms with Crippen molar-refractivity contribution < 1.29 is 9.18 Å². The maximum Gasteiger partial charge on any atom is 0.224 e. The van der Waals surface area contributed by atoms with E-state index in [0.29, 0.717) is 25.2 Å². The number of rotatable bonds is 5. The van der Waals surface area contributed by atoms with E-state index in [-0.39, 0.29) is 17.6 Å². The molecule has 1 unspecified atom stereocenters. The first-order valence-corrected chi connectivity index (χ1v) is 10.1. The summed E-state index contributed by atoms with van der Waals surface area (Å²) < 4.78 is 13.5. The number of halogens is 1. The number of anilines is 1. The van der Waals surface area contributed by atoms with Crippen LogP contribution in [0.25, 0.3) is 22.1 Å². The van der Waals surface area contributed by atoms with E-state index < -0.39 is 0 Å². The van der Waals surface area contributed by atoms with Crippen LogP contribution in [-0.4, -0.2) is 50.5 Å². The van der Waals surface area contributed by atoms with Crippen LogP contribution in [0.2, 0.25) is 0 Å². The van der Waals surface area contributed by atoms with Gasteiger partial charge in [-0.05, 0) is 43.0 Å². The molecule has 30 heavy (non-hydrogen) atoms. The molecule has 4 heterocycles. The lowest BCUT2D eigenvalue weighted by Crippen LogP contribution is -2.43. The van der Waals surface area contributed by atoms with Gasteiger partial charge in [0, 0.05) is 36.7 Å². The van der Waals surface area contributed by atoms with Crippen LogP contribution in [0.1, 0.15) is 18.4 Å². The highest BCUT2D eigenvalue weighted by molar-refractivity contribution is 5.85. The predicted molar refractivity (Wildman–Crippen MR) is 112 cm³/mol. The van der Waals surface area contributed by atoms with Gasteiger partial charge in [0.15, 0.2) is 11.5 Å². The summed E-state index contributed by atoms with van der Waals surface area (Å²) in [6, 6.07) is 4.70. The molecule has 5 rings (SSSR count). The molecule has 1 amide bonds. The van der Waals surface area contributed by atoms with E-state index in [4.69, 9.17) is 0 Å². The van der Waals surface area contributed by atoms with Crippen molar-refractivity contribution >= 4 is 33.8 Å². The van der Waals surface area contributed by atoms with Gasteiger partial charge in [-0.15, -0.1) is 0 Å². The van der Waals surface area contributed by atoms with Crippen LogP contribution < -0.4 is 10.2 Å². The van der Waals surface area contributed by atoms with Crippen molar-refractivity contribution in [3.63, 3.8) is 0 Å². The van der Waals surface area contributed by atoms with Crippen LogP contribution in [0.5, 0.6) is 0 Å². The lowest BCUT2D eigenvalue weighted by atomic mass is 9.97. The minimum Gasteiger partial charge on any atom is -0.361 e. The average molecular weight is 407 g/mol. The van der Waals surface area contributed by atoms with Crippen molar-refractivity contribution in [3.05, 3.63) is 48.4 Å². The second-order valence-electron chi connectivity index (χ2n) is 7.63. The molecule has 3 N–H and O–H groups in total. The van der Waals surface area contributed by atoms with E-state index in [1.165, 1.54) is 18.5 Å². The molecule has 0 spiro atoms. The quantitative estimate of drug-likeness (QED) is 0.472. The topological polar surface area (TPSA) is 103 Å². The van der Waals surface area contributed by atoms with Gasteiger partial charge in [0.25, 0.3) is 0 Å². The SMILES string of the molecule is O=C(NCCc1c[nH]c2ccc(F)cc12)C1CCCN(c2ncnc3nc[nH]c23)C1. The zero-order valence-electron chi connectivity index (χ0n) is 16.4. The Morgan fingerprint density at radius 2 is 2.20 bits per heavy atom. The number of nitrogens with one attached hydrogen (secondary N) is 3. The number of aromatic nitrogens is 5. The Balaban J connectivity index is 1.22. The summed E-state index contributed by atoms with van der Waals surface area (Å²) in [6.07, 6.45) is 7.40. The number of H-pyrrole nitrogens is 2. The maximum atomic E-state index is 13.5. The highest BCUT2D eigenvalue weighted by Gasteiger charge is 2.27. The number of piperidine rings is 1. The molecule has 1 fully saturated rings. The Morgan fingerprint density at radius 3 is 3.13 bits per heavy atom. The predicted octanol–water partition coefficient (Wildman–Crippen LogP) is 2.55. The summed E-state index contributed by atoms with van der Waals surface area (Å²) >= 11 is 0. The number of hydrogen-bond donors (Lipinski definition) is 3. The first kappa shape index (κ1) is 18.5. The number of benzene rings is 1. The Bertz CT molecular complexity index is 1200. The second kappa shape index (κ2) is 7.74. The molecule has 1 saturated heterocycles. The first-order chi connectivity index (χ1) is 14.7. The fraction of sp³-hybridized carbons (Fsp3) is 0.333. The Labute approximate surface area is 171 Å². The molecule has 1 aliphatic rings. The van der Waals surface area contributed by atoms with E-state index in [9.17, 15) is 9.18 Å². The fourth-order valence-electron chi connectivity index (χ4n) is 4.20. The van der Waals surface area contributed by atoms with Crippen LogP contribution in [0.3, 0.4) is 0 Å². The zero-order chi connectivity index (χ0) is 20.5. The summed E-state index contributed by atoms with van der Waals surface area (Å²) in [4.78, 5) is 33.9. The number of carbonyl (C=O) groups excluding carboxylic acids is 1. The van der Waals surface area contributed by atoms with E-state index in [2.05, 4.69) is 35.1 Å². The van der Waals surface area contributed by atoms with Crippen molar-refractivity contribution in [2.45, 2.75) is 19.3 Å². The van der Waals surface area contributed by atoms with E-state index in [0.717, 1.165) is 47.2 Å². The number of aromatic amines is 2. The normalized spacial score (nSPS) is 17.0. The van der Waals surface area contributed by atoms with Gasteiger partial charge in [0.2, 0.25) is 5.91 Å². The maximum absolute atomic E-state index is 13.5. The molecule has 0 saturated carbocycles. The standard InChI is InChI=1S/C21H22FN7O/c22-15-3-4-17-16(8-15)13(9-24-17)5-6-23-21(30)14-2-1-7-29(10-14)20-18-19(26-11-25-18)27-12-28-20/h3-4,8-9,11-12,14,24H,1-2,5-7,10H2,(H,23,30)(H,25,26,27,28).